The van der Waals surface area contributed by atoms with Crippen LogP contribution in [0.2, 0.25) is 0 Å². The van der Waals surface area contributed by atoms with Gasteiger partial charge in [-0.15, -0.1) is 0 Å². The standard InChI is InChI=1S/C13H23N3O5/c1-8(2)5-14-11(17)6-15-13(20)16-7-9(21-3)4-10(16)12(18)19/h8-10H,4-7H2,1-3H3,(H,14,17)(H,15,20)(H,18,19). The molecule has 3 amide bonds. The van der Waals surface area contributed by atoms with Crippen molar-refractivity contribution < 1.29 is 24.2 Å². The number of nitrogens with zero attached hydrogens (tertiary/aromatic N) is 1. The Labute approximate surface area is 123 Å². The fraction of sp³-hybridized carbons (Fsp3) is 0.769. The molecule has 1 saturated heterocycles. The molecule has 0 aromatic carbocycles. The lowest BCUT2D eigenvalue weighted by atomic mass is 10.2. The van der Waals surface area contributed by atoms with E-state index < -0.39 is 18.0 Å². The molecular weight excluding hydrogens is 278 g/mol. The molecule has 0 saturated carbocycles. The molecule has 1 rings (SSSR count). The van der Waals surface area contributed by atoms with Crippen LogP contribution in [0.3, 0.4) is 0 Å². The number of rotatable bonds is 6. The first-order valence-corrected chi connectivity index (χ1v) is 6.91. The highest BCUT2D eigenvalue weighted by Gasteiger charge is 2.39. The van der Waals surface area contributed by atoms with Gasteiger partial charge in [-0.05, 0) is 5.92 Å². The third kappa shape index (κ3) is 5.22. The van der Waals surface area contributed by atoms with Crippen molar-refractivity contribution in [3.05, 3.63) is 0 Å². The summed E-state index contributed by atoms with van der Waals surface area (Å²) in [6, 6.07) is -1.49. The van der Waals surface area contributed by atoms with Gasteiger partial charge < -0.3 is 25.4 Å². The first-order chi connectivity index (χ1) is 9.85. The highest BCUT2D eigenvalue weighted by atomic mass is 16.5. The van der Waals surface area contributed by atoms with Crippen molar-refractivity contribution in [1.82, 2.24) is 15.5 Å². The van der Waals surface area contributed by atoms with Gasteiger partial charge in [-0.2, -0.15) is 0 Å². The fourth-order valence-electron chi connectivity index (χ4n) is 2.06. The molecule has 1 heterocycles. The maximum absolute atomic E-state index is 12.0. The number of aliphatic carboxylic acids is 1. The van der Waals surface area contributed by atoms with Gasteiger partial charge in [0, 0.05) is 26.6 Å². The Hall–Kier alpha value is -1.83. The zero-order valence-corrected chi connectivity index (χ0v) is 12.6. The Kier molecular flexibility index (Phi) is 6.41. The van der Waals surface area contributed by atoms with Crippen LogP contribution in [0.25, 0.3) is 0 Å². The van der Waals surface area contributed by atoms with E-state index in [1.165, 1.54) is 12.0 Å². The van der Waals surface area contributed by atoms with Crippen LogP contribution in [-0.4, -0.2) is 66.8 Å². The van der Waals surface area contributed by atoms with E-state index in [-0.39, 0.29) is 31.5 Å². The number of likely N-dealkylation sites (tertiary alicyclic amines) is 1. The summed E-state index contributed by atoms with van der Waals surface area (Å²) in [7, 11) is 1.48. The number of carbonyl (C=O) groups is 3. The Morgan fingerprint density at radius 1 is 1.33 bits per heavy atom. The van der Waals surface area contributed by atoms with Crippen LogP contribution in [0, 0.1) is 5.92 Å². The number of carbonyl (C=O) groups excluding carboxylic acids is 2. The average Bonchev–Trinajstić information content (AvgIpc) is 2.87. The number of hydrogen-bond donors (Lipinski definition) is 3. The Morgan fingerprint density at radius 2 is 2.00 bits per heavy atom. The van der Waals surface area contributed by atoms with Crippen molar-refractivity contribution in [2.75, 3.05) is 26.7 Å². The molecule has 0 aromatic rings. The third-order valence-corrected chi connectivity index (χ3v) is 3.25. The van der Waals surface area contributed by atoms with Crippen molar-refractivity contribution >= 4 is 17.9 Å². The summed E-state index contributed by atoms with van der Waals surface area (Å²) in [6.07, 6.45) is -0.0506. The van der Waals surface area contributed by atoms with Crippen molar-refractivity contribution in [2.45, 2.75) is 32.4 Å². The van der Waals surface area contributed by atoms with Crippen molar-refractivity contribution in [3.8, 4) is 0 Å². The number of hydrogen-bond acceptors (Lipinski definition) is 4. The molecule has 120 valence electrons. The van der Waals surface area contributed by atoms with Crippen LogP contribution < -0.4 is 10.6 Å². The summed E-state index contributed by atoms with van der Waals surface area (Å²) < 4.78 is 5.10. The quantitative estimate of drug-likeness (QED) is 0.621. The number of ether oxygens (including phenoxy) is 1. The average molecular weight is 301 g/mol. The van der Waals surface area contributed by atoms with E-state index in [9.17, 15) is 14.4 Å². The van der Waals surface area contributed by atoms with Gasteiger partial charge in [0.1, 0.15) is 6.04 Å². The maximum atomic E-state index is 12.0. The number of nitrogens with one attached hydrogen (secondary N) is 2. The minimum Gasteiger partial charge on any atom is -0.480 e. The molecule has 3 N–H and O–H groups in total. The van der Waals surface area contributed by atoms with Gasteiger partial charge in [0.25, 0.3) is 0 Å². The molecule has 21 heavy (non-hydrogen) atoms. The van der Waals surface area contributed by atoms with E-state index in [1.54, 1.807) is 0 Å². The van der Waals surface area contributed by atoms with Gasteiger partial charge in [0.15, 0.2) is 0 Å². The number of carboxylic acids is 1. The van der Waals surface area contributed by atoms with Crippen LogP contribution in [0.1, 0.15) is 20.3 Å². The maximum Gasteiger partial charge on any atom is 0.326 e. The molecule has 2 unspecified atom stereocenters. The van der Waals surface area contributed by atoms with Gasteiger partial charge in [-0.1, -0.05) is 13.8 Å². The fourth-order valence-corrected chi connectivity index (χ4v) is 2.06. The number of urea groups is 1. The van der Waals surface area contributed by atoms with Crippen LogP contribution in [0.4, 0.5) is 4.79 Å². The minimum atomic E-state index is -1.08. The van der Waals surface area contributed by atoms with Crippen molar-refractivity contribution in [3.63, 3.8) is 0 Å². The van der Waals surface area contributed by atoms with Crippen LogP contribution in [0.5, 0.6) is 0 Å². The number of carboxylic acid groups (broad SMARTS) is 1. The van der Waals surface area contributed by atoms with Gasteiger partial charge >= 0.3 is 12.0 Å². The van der Waals surface area contributed by atoms with Crippen molar-refractivity contribution in [2.24, 2.45) is 5.92 Å². The SMILES string of the molecule is COC1CC(C(=O)O)N(C(=O)NCC(=O)NCC(C)C)C1. The molecule has 1 aliphatic rings. The summed E-state index contributed by atoms with van der Waals surface area (Å²) in [4.78, 5) is 35.8. The molecule has 2 atom stereocenters. The molecule has 0 aromatic heterocycles. The predicted molar refractivity (Wildman–Crippen MR) is 74.8 cm³/mol. The lowest BCUT2D eigenvalue weighted by molar-refractivity contribution is -0.141. The molecule has 1 aliphatic heterocycles. The van der Waals surface area contributed by atoms with E-state index >= 15 is 0 Å². The highest BCUT2D eigenvalue weighted by Crippen LogP contribution is 2.20. The Balaban J connectivity index is 2.46. The number of methoxy groups -OCH3 is 1. The first-order valence-electron chi connectivity index (χ1n) is 6.91. The van der Waals surface area contributed by atoms with E-state index in [2.05, 4.69) is 10.6 Å². The van der Waals surface area contributed by atoms with Gasteiger partial charge in [0.05, 0.1) is 12.6 Å². The molecule has 8 heteroatoms. The normalized spacial score (nSPS) is 21.4. The van der Waals surface area contributed by atoms with E-state index in [1.807, 2.05) is 13.8 Å². The predicted octanol–water partition coefficient (Wildman–Crippen LogP) is -0.358. The smallest absolute Gasteiger partial charge is 0.326 e. The second-order valence-electron chi connectivity index (χ2n) is 5.46. The summed E-state index contributed by atoms with van der Waals surface area (Å²) in [5, 5.41) is 14.2. The van der Waals surface area contributed by atoms with Crippen LogP contribution in [-0.2, 0) is 14.3 Å². The van der Waals surface area contributed by atoms with Gasteiger partial charge in [-0.25, -0.2) is 9.59 Å². The van der Waals surface area contributed by atoms with Crippen molar-refractivity contribution in [1.29, 1.82) is 0 Å². The minimum absolute atomic E-state index is 0.175. The lowest BCUT2D eigenvalue weighted by Gasteiger charge is -2.21. The zero-order valence-electron chi connectivity index (χ0n) is 12.6. The van der Waals surface area contributed by atoms with E-state index in [4.69, 9.17) is 9.84 Å². The molecule has 0 aliphatic carbocycles. The first kappa shape index (κ1) is 17.2. The zero-order chi connectivity index (χ0) is 16.0. The topological polar surface area (TPSA) is 108 Å². The van der Waals surface area contributed by atoms with Crippen LogP contribution >= 0.6 is 0 Å². The van der Waals surface area contributed by atoms with E-state index in [0.29, 0.717) is 12.5 Å². The summed E-state index contributed by atoms with van der Waals surface area (Å²) in [5.74, 6) is -1.05. The summed E-state index contributed by atoms with van der Waals surface area (Å²) in [6.45, 7) is 4.48. The molecule has 8 nitrogen and oxygen atoms in total. The largest absolute Gasteiger partial charge is 0.480 e. The second kappa shape index (κ2) is 7.82. The summed E-state index contributed by atoms with van der Waals surface area (Å²) >= 11 is 0. The molecule has 0 bridgehead atoms. The molecular formula is C13H23N3O5. The highest BCUT2D eigenvalue weighted by molar-refractivity contribution is 5.87. The van der Waals surface area contributed by atoms with Crippen LogP contribution in [0.15, 0.2) is 0 Å². The third-order valence-electron chi connectivity index (χ3n) is 3.25. The Bertz CT molecular complexity index is 399. The molecule has 0 radical (unpaired) electrons. The van der Waals surface area contributed by atoms with Gasteiger partial charge in [0.2, 0.25) is 5.91 Å². The number of amides is 3. The van der Waals surface area contributed by atoms with Gasteiger partial charge in [-0.3, -0.25) is 4.79 Å². The Morgan fingerprint density at radius 3 is 2.52 bits per heavy atom. The molecule has 0 spiro atoms. The van der Waals surface area contributed by atoms with E-state index in [0.717, 1.165) is 0 Å². The lowest BCUT2D eigenvalue weighted by Crippen LogP contribution is -2.48. The monoisotopic (exact) mass is 301 g/mol. The molecule has 1 fully saturated rings. The second-order valence-corrected chi connectivity index (χ2v) is 5.46. The summed E-state index contributed by atoms with van der Waals surface area (Å²) in [5.41, 5.74) is 0.